The summed E-state index contributed by atoms with van der Waals surface area (Å²) in [6.45, 7) is 0.347. The Labute approximate surface area is 134 Å². The Morgan fingerprint density at radius 3 is 2.65 bits per heavy atom. The number of hydrogen-bond acceptors (Lipinski definition) is 3. The van der Waals surface area contributed by atoms with Crippen molar-refractivity contribution < 1.29 is 4.79 Å². The van der Waals surface area contributed by atoms with Gasteiger partial charge in [0.2, 0.25) is 0 Å². The molecule has 3 rings (SSSR count). The van der Waals surface area contributed by atoms with Crippen LogP contribution in [0.2, 0.25) is 0 Å². The summed E-state index contributed by atoms with van der Waals surface area (Å²) in [6.07, 6.45) is 1.74. The van der Waals surface area contributed by atoms with Crippen LogP contribution >= 0.6 is 0 Å². The monoisotopic (exact) mass is 307 g/mol. The summed E-state index contributed by atoms with van der Waals surface area (Å²) in [5, 5.41) is 9.96. The molecule has 0 saturated carbocycles. The van der Waals surface area contributed by atoms with E-state index in [1.807, 2.05) is 61.6 Å². The van der Waals surface area contributed by atoms with E-state index in [1.165, 1.54) is 0 Å². The van der Waals surface area contributed by atoms with Gasteiger partial charge in [0.15, 0.2) is 0 Å². The van der Waals surface area contributed by atoms with Crippen LogP contribution in [-0.2, 0) is 13.6 Å². The Kier molecular flexibility index (Phi) is 4.33. The number of anilines is 1. The van der Waals surface area contributed by atoms with Gasteiger partial charge in [-0.25, -0.2) is 4.79 Å². The van der Waals surface area contributed by atoms with Gasteiger partial charge in [0.25, 0.3) is 0 Å². The lowest BCUT2D eigenvalue weighted by Gasteiger charge is -2.05. The van der Waals surface area contributed by atoms with Crippen LogP contribution in [0.25, 0.3) is 11.4 Å². The summed E-state index contributed by atoms with van der Waals surface area (Å²) in [4.78, 5) is 16.2. The molecule has 0 unspecified atom stereocenters. The predicted octanol–water partition coefficient (Wildman–Crippen LogP) is 2.80. The summed E-state index contributed by atoms with van der Waals surface area (Å²) in [5.41, 5.74) is 3.28. The Morgan fingerprint density at radius 1 is 1.13 bits per heavy atom. The molecule has 0 fully saturated rings. The third-order valence-electron chi connectivity index (χ3n) is 3.32. The number of rotatable bonds is 4. The molecule has 116 valence electrons. The Hall–Kier alpha value is -3.15. The smallest absolute Gasteiger partial charge is 0.319 e. The van der Waals surface area contributed by atoms with Crippen LogP contribution in [0.4, 0.5) is 10.5 Å². The van der Waals surface area contributed by atoms with E-state index in [9.17, 15) is 4.79 Å². The maximum Gasteiger partial charge on any atom is 0.319 e. The molecule has 0 aliphatic carbocycles. The van der Waals surface area contributed by atoms with E-state index < -0.39 is 0 Å². The van der Waals surface area contributed by atoms with Crippen molar-refractivity contribution in [1.29, 1.82) is 0 Å². The number of benzene rings is 1. The fraction of sp³-hybridized carbons (Fsp3) is 0.118. The molecule has 2 amide bonds. The molecule has 0 aliphatic rings. The van der Waals surface area contributed by atoms with Gasteiger partial charge in [-0.2, -0.15) is 5.10 Å². The van der Waals surface area contributed by atoms with Gasteiger partial charge in [-0.05, 0) is 30.3 Å². The lowest BCUT2D eigenvalue weighted by molar-refractivity contribution is 0.251. The van der Waals surface area contributed by atoms with Crippen molar-refractivity contribution in [3.8, 4) is 11.4 Å². The van der Waals surface area contributed by atoms with Crippen molar-refractivity contribution in [2.24, 2.45) is 7.05 Å². The molecule has 23 heavy (non-hydrogen) atoms. The molecular weight excluding hydrogens is 290 g/mol. The first-order valence-electron chi connectivity index (χ1n) is 7.26. The fourth-order valence-corrected chi connectivity index (χ4v) is 2.23. The van der Waals surface area contributed by atoms with Crippen LogP contribution in [0.5, 0.6) is 0 Å². The van der Waals surface area contributed by atoms with Crippen molar-refractivity contribution >= 4 is 11.7 Å². The molecule has 0 aliphatic heterocycles. The van der Waals surface area contributed by atoms with Crippen molar-refractivity contribution in [1.82, 2.24) is 20.1 Å². The topological polar surface area (TPSA) is 71.8 Å². The Morgan fingerprint density at radius 2 is 1.91 bits per heavy atom. The highest BCUT2D eigenvalue weighted by Gasteiger charge is 2.09. The minimum absolute atomic E-state index is 0.263. The third kappa shape index (κ3) is 3.74. The zero-order valence-electron chi connectivity index (χ0n) is 12.7. The number of amides is 2. The minimum atomic E-state index is -0.263. The first-order valence-corrected chi connectivity index (χ1v) is 7.26. The lowest BCUT2D eigenvalue weighted by Crippen LogP contribution is -2.28. The van der Waals surface area contributed by atoms with E-state index in [0.29, 0.717) is 6.54 Å². The molecule has 1 aromatic carbocycles. The average molecular weight is 307 g/mol. The molecule has 0 atom stereocenters. The standard InChI is InChI=1S/C17H17N5O/c1-22-16(15-9-5-6-10-18-15)11-14(21-22)12-19-17(23)20-13-7-3-2-4-8-13/h2-11H,12H2,1H3,(H2,19,20,23). The molecule has 0 bridgehead atoms. The number of nitrogens with zero attached hydrogens (tertiary/aromatic N) is 3. The highest BCUT2D eigenvalue weighted by molar-refractivity contribution is 5.89. The number of hydrogen-bond donors (Lipinski definition) is 2. The normalized spacial score (nSPS) is 10.3. The van der Waals surface area contributed by atoms with Crippen LogP contribution in [-0.4, -0.2) is 20.8 Å². The number of carbonyl (C=O) groups is 1. The van der Waals surface area contributed by atoms with Gasteiger partial charge >= 0.3 is 6.03 Å². The van der Waals surface area contributed by atoms with Crippen molar-refractivity contribution in [3.05, 3.63) is 66.5 Å². The second-order valence-corrected chi connectivity index (χ2v) is 5.03. The summed E-state index contributed by atoms with van der Waals surface area (Å²) in [7, 11) is 1.86. The van der Waals surface area contributed by atoms with Crippen LogP contribution < -0.4 is 10.6 Å². The van der Waals surface area contributed by atoms with Crippen molar-refractivity contribution in [2.75, 3.05) is 5.32 Å². The van der Waals surface area contributed by atoms with Crippen LogP contribution in [0.1, 0.15) is 5.69 Å². The van der Waals surface area contributed by atoms with Gasteiger partial charge in [-0.15, -0.1) is 0 Å². The number of para-hydroxylation sites is 1. The molecule has 2 N–H and O–H groups in total. The summed E-state index contributed by atoms with van der Waals surface area (Å²) < 4.78 is 1.76. The maximum atomic E-state index is 11.9. The molecular formula is C17H17N5O. The summed E-state index contributed by atoms with van der Waals surface area (Å²) in [5.74, 6) is 0. The number of aromatic nitrogens is 3. The Balaban J connectivity index is 1.62. The van der Waals surface area contributed by atoms with E-state index in [2.05, 4.69) is 20.7 Å². The maximum absolute atomic E-state index is 11.9. The van der Waals surface area contributed by atoms with Crippen LogP contribution in [0.15, 0.2) is 60.8 Å². The van der Waals surface area contributed by atoms with E-state index in [4.69, 9.17) is 0 Å². The van der Waals surface area contributed by atoms with Crippen LogP contribution in [0, 0.1) is 0 Å². The quantitative estimate of drug-likeness (QED) is 0.778. The zero-order valence-corrected chi connectivity index (χ0v) is 12.7. The van der Waals surface area contributed by atoms with E-state index in [-0.39, 0.29) is 6.03 Å². The van der Waals surface area contributed by atoms with E-state index in [1.54, 1.807) is 10.9 Å². The average Bonchev–Trinajstić information content (AvgIpc) is 2.96. The molecule has 2 heterocycles. The highest BCUT2D eigenvalue weighted by atomic mass is 16.2. The van der Waals surface area contributed by atoms with Gasteiger partial charge in [0.1, 0.15) is 0 Å². The minimum Gasteiger partial charge on any atom is -0.332 e. The van der Waals surface area contributed by atoms with Gasteiger partial charge in [0, 0.05) is 18.9 Å². The first-order chi connectivity index (χ1) is 11.2. The molecule has 0 radical (unpaired) electrons. The second kappa shape index (κ2) is 6.74. The van der Waals surface area contributed by atoms with Gasteiger partial charge < -0.3 is 10.6 Å². The molecule has 0 spiro atoms. The van der Waals surface area contributed by atoms with Gasteiger partial charge in [-0.1, -0.05) is 24.3 Å². The zero-order chi connectivity index (χ0) is 16.1. The van der Waals surface area contributed by atoms with Crippen molar-refractivity contribution in [3.63, 3.8) is 0 Å². The molecule has 0 saturated heterocycles. The number of nitrogens with one attached hydrogen (secondary N) is 2. The summed E-state index contributed by atoms with van der Waals surface area (Å²) >= 11 is 0. The van der Waals surface area contributed by atoms with Crippen LogP contribution in [0.3, 0.4) is 0 Å². The second-order valence-electron chi connectivity index (χ2n) is 5.03. The third-order valence-corrected chi connectivity index (χ3v) is 3.32. The SMILES string of the molecule is Cn1nc(CNC(=O)Nc2ccccc2)cc1-c1ccccn1. The first kappa shape index (κ1) is 14.8. The summed E-state index contributed by atoms with van der Waals surface area (Å²) in [6, 6.07) is 16.7. The Bertz CT molecular complexity index is 783. The predicted molar refractivity (Wildman–Crippen MR) is 88.7 cm³/mol. The van der Waals surface area contributed by atoms with Crippen molar-refractivity contribution in [2.45, 2.75) is 6.54 Å². The number of carbonyl (C=O) groups excluding carboxylic acids is 1. The highest BCUT2D eigenvalue weighted by Crippen LogP contribution is 2.16. The molecule has 3 aromatic rings. The van der Waals surface area contributed by atoms with Gasteiger partial charge in [-0.3, -0.25) is 9.67 Å². The number of pyridine rings is 1. The molecule has 2 aromatic heterocycles. The lowest BCUT2D eigenvalue weighted by atomic mass is 10.2. The van der Waals surface area contributed by atoms with Gasteiger partial charge in [0.05, 0.1) is 23.6 Å². The van der Waals surface area contributed by atoms with E-state index >= 15 is 0 Å². The largest absolute Gasteiger partial charge is 0.332 e. The number of urea groups is 1. The molecule has 6 nitrogen and oxygen atoms in total. The fourth-order valence-electron chi connectivity index (χ4n) is 2.23. The van der Waals surface area contributed by atoms with E-state index in [0.717, 1.165) is 22.8 Å². The number of aryl methyl sites for hydroxylation is 1. The molecule has 6 heteroatoms.